The van der Waals surface area contributed by atoms with Gasteiger partial charge in [-0.05, 0) is 42.0 Å². The lowest BCUT2D eigenvalue weighted by molar-refractivity contribution is -0.137. The topological polar surface area (TPSA) is 81.8 Å². The van der Waals surface area contributed by atoms with Crippen molar-refractivity contribution in [2.45, 2.75) is 12.3 Å². The van der Waals surface area contributed by atoms with E-state index in [1.807, 2.05) is 4.90 Å². The molecule has 166 valence electrons. The monoisotopic (exact) mass is 434 g/mol. The molecule has 0 saturated carbocycles. The van der Waals surface area contributed by atoms with Gasteiger partial charge in [0.1, 0.15) is 0 Å². The van der Waals surface area contributed by atoms with Crippen molar-refractivity contribution < 1.29 is 23.1 Å². The molecule has 4 N–H and O–H groups in total. The van der Waals surface area contributed by atoms with Gasteiger partial charge in [0.05, 0.1) is 11.7 Å². The summed E-state index contributed by atoms with van der Waals surface area (Å²) in [7, 11) is 0. The summed E-state index contributed by atoms with van der Waals surface area (Å²) in [5.74, 6) is 0. The van der Waals surface area contributed by atoms with Gasteiger partial charge in [-0.25, -0.2) is 4.79 Å². The van der Waals surface area contributed by atoms with Gasteiger partial charge in [-0.15, -0.1) is 0 Å². The standard InChI is InChI=1S/C22H25F3N4O2/c23-22(24,25)17-4-8-19(9-5-17)29-13-11-28(12-14-29)15-20(30)10-3-16-1-6-18(7-2-16)27-21(26)31/h1-10,20,30H,11-15H2,(H3,26,27,31)/b10-3+/t20-/m1/s1. The Balaban J connectivity index is 1.46. The molecular weight excluding hydrogens is 409 g/mol. The number of anilines is 2. The minimum absolute atomic E-state index is 0.471. The molecule has 1 fully saturated rings. The summed E-state index contributed by atoms with van der Waals surface area (Å²) in [6, 6.07) is 11.6. The number of piperazine rings is 1. The van der Waals surface area contributed by atoms with Crippen LogP contribution in [0.1, 0.15) is 11.1 Å². The molecule has 1 saturated heterocycles. The Labute approximate surface area is 178 Å². The van der Waals surface area contributed by atoms with E-state index in [9.17, 15) is 23.1 Å². The molecule has 0 spiro atoms. The summed E-state index contributed by atoms with van der Waals surface area (Å²) in [5.41, 5.74) is 6.65. The maximum Gasteiger partial charge on any atom is 0.416 e. The zero-order valence-electron chi connectivity index (χ0n) is 16.8. The summed E-state index contributed by atoms with van der Waals surface area (Å²) >= 11 is 0. The van der Waals surface area contributed by atoms with Crippen LogP contribution in [0.5, 0.6) is 0 Å². The number of carbonyl (C=O) groups is 1. The molecule has 0 radical (unpaired) electrons. The summed E-state index contributed by atoms with van der Waals surface area (Å²) in [6.45, 7) is 3.24. The van der Waals surface area contributed by atoms with Gasteiger partial charge in [-0.3, -0.25) is 4.90 Å². The van der Waals surface area contributed by atoms with E-state index in [4.69, 9.17) is 5.73 Å². The van der Waals surface area contributed by atoms with Crippen molar-refractivity contribution in [3.8, 4) is 0 Å². The Morgan fingerprint density at radius 1 is 1.06 bits per heavy atom. The number of hydrogen-bond donors (Lipinski definition) is 3. The van der Waals surface area contributed by atoms with Crippen molar-refractivity contribution in [3.63, 3.8) is 0 Å². The quantitative estimate of drug-likeness (QED) is 0.651. The molecule has 1 heterocycles. The lowest BCUT2D eigenvalue weighted by Crippen LogP contribution is -2.48. The van der Waals surface area contributed by atoms with E-state index >= 15 is 0 Å². The highest BCUT2D eigenvalue weighted by molar-refractivity contribution is 5.87. The summed E-state index contributed by atoms with van der Waals surface area (Å²) in [4.78, 5) is 15.0. The largest absolute Gasteiger partial charge is 0.416 e. The van der Waals surface area contributed by atoms with Gasteiger partial charge in [0.25, 0.3) is 0 Å². The number of urea groups is 1. The second kappa shape index (κ2) is 9.84. The fourth-order valence-corrected chi connectivity index (χ4v) is 3.42. The maximum absolute atomic E-state index is 12.7. The van der Waals surface area contributed by atoms with Crippen molar-refractivity contribution in [1.82, 2.24) is 4.90 Å². The number of aliphatic hydroxyl groups is 1. The molecule has 0 bridgehead atoms. The van der Waals surface area contributed by atoms with Crippen molar-refractivity contribution in [2.24, 2.45) is 5.73 Å². The van der Waals surface area contributed by atoms with E-state index in [1.54, 1.807) is 36.4 Å². The van der Waals surface area contributed by atoms with Crippen molar-refractivity contribution in [3.05, 3.63) is 65.7 Å². The van der Waals surface area contributed by atoms with Crippen LogP contribution in [0, 0.1) is 0 Å². The van der Waals surface area contributed by atoms with Gasteiger partial charge in [-0.2, -0.15) is 13.2 Å². The summed E-state index contributed by atoms with van der Waals surface area (Å²) in [5, 5.41) is 12.8. The first-order valence-corrected chi connectivity index (χ1v) is 9.88. The molecule has 6 nitrogen and oxygen atoms in total. The average Bonchev–Trinajstić information content (AvgIpc) is 2.73. The summed E-state index contributed by atoms with van der Waals surface area (Å²) < 4.78 is 38.1. The smallest absolute Gasteiger partial charge is 0.388 e. The van der Waals surface area contributed by atoms with Crippen molar-refractivity contribution in [2.75, 3.05) is 42.9 Å². The molecule has 1 aliphatic rings. The Hall–Kier alpha value is -3.04. The molecule has 0 aliphatic carbocycles. The third-order valence-corrected chi connectivity index (χ3v) is 5.07. The molecule has 2 aromatic rings. The number of hydrogen-bond acceptors (Lipinski definition) is 4. The van der Waals surface area contributed by atoms with Gasteiger partial charge < -0.3 is 21.1 Å². The molecule has 9 heteroatoms. The number of nitrogens with one attached hydrogen (secondary N) is 1. The van der Waals surface area contributed by atoms with Crippen LogP contribution in [-0.4, -0.2) is 54.9 Å². The minimum Gasteiger partial charge on any atom is -0.388 e. The normalized spacial score (nSPS) is 16.5. The Kier molecular flexibility index (Phi) is 7.19. The number of benzene rings is 2. The molecule has 0 unspecified atom stereocenters. The molecule has 1 atom stereocenters. The maximum atomic E-state index is 12.7. The van der Waals surface area contributed by atoms with E-state index < -0.39 is 23.9 Å². The first-order valence-electron chi connectivity index (χ1n) is 9.88. The molecule has 31 heavy (non-hydrogen) atoms. The number of amides is 2. The number of rotatable bonds is 6. The zero-order chi connectivity index (χ0) is 22.4. The molecule has 0 aromatic heterocycles. The van der Waals surface area contributed by atoms with Crippen LogP contribution in [0.25, 0.3) is 6.08 Å². The third kappa shape index (κ3) is 6.73. The highest BCUT2D eigenvalue weighted by Gasteiger charge is 2.30. The highest BCUT2D eigenvalue weighted by Crippen LogP contribution is 2.30. The second-order valence-corrected chi connectivity index (χ2v) is 7.37. The fourth-order valence-electron chi connectivity index (χ4n) is 3.42. The van der Waals surface area contributed by atoms with Crippen LogP contribution < -0.4 is 16.0 Å². The number of aliphatic hydroxyl groups excluding tert-OH is 1. The van der Waals surface area contributed by atoms with Crippen LogP contribution in [0.2, 0.25) is 0 Å². The van der Waals surface area contributed by atoms with Crippen LogP contribution >= 0.6 is 0 Å². The van der Waals surface area contributed by atoms with E-state index in [2.05, 4.69) is 10.2 Å². The lowest BCUT2D eigenvalue weighted by Gasteiger charge is -2.36. The van der Waals surface area contributed by atoms with Gasteiger partial charge in [-0.1, -0.05) is 24.3 Å². The third-order valence-electron chi connectivity index (χ3n) is 5.07. The molecule has 1 aliphatic heterocycles. The number of primary amides is 1. The zero-order valence-corrected chi connectivity index (χ0v) is 16.8. The Bertz CT molecular complexity index is 890. The first-order chi connectivity index (χ1) is 14.7. The predicted octanol–water partition coefficient (Wildman–Crippen LogP) is 3.39. The lowest BCUT2D eigenvalue weighted by atomic mass is 10.1. The number of nitrogens with zero attached hydrogens (tertiary/aromatic N) is 2. The van der Waals surface area contributed by atoms with Crippen LogP contribution in [-0.2, 0) is 6.18 Å². The number of alkyl halides is 3. The number of nitrogens with two attached hydrogens (primary N) is 1. The van der Waals surface area contributed by atoms with Gasteiger partial charge in [0.2, 0.25) is 0 Å². The van der Waals surface area contributed by atoms with Gasteiger partial charge in [0.15, 0.2) is 0 Å². The van der Waals surface area contributed by atoms with Gasteiger partial charge in [0, 0.05) is 44.1 Å². The average molecular weight is 434 g/mol. The number of carbonyl (C=O) groups excluding carboxylic acids is 1. The van der Waals surface area contributed by atoms with Crippen molar-refractivity contribution in [1.29, 1.82) is 0 Å². The highest BCUT2D eigenvalue weighted by atomic mass is 19.4. The van der Waals surface area contributed by atoms with Gasteiger partial charge >= 0.3 is 12.2 Å². The molecule has 2 aromatic carbocycles. The van der Waals surface area contributed by atoms with Crippen molar-refractivity contribution >= 4 is 23.5 Å². The first kappa shape index (κ1) is 22.6. The molecule has 2 amide bonds. The second-order valence-electron chi connectivity index (χ2n) is 7.37. The van der Waals surface area contributed by atoms with Crippen LogP contribution in [0.15, 0.2) is 54.6 Å². The van der Waals surface area contributed by atoms with Crippen LogP contribution in [0.3, 0.4) is 0 Å². The molecule has 3 rings (SSSR count). The Morgan fingerprint density at radius 3 is 2.23 bits per heavy atom. The van der Waals surface area contributed by atoms with E-state index in [-0.39, 0.29) is 0 Å². The number of β-amino-alcohol motifs (C(OH)–C–C–N with tert-alkyl or cyclic N) is 1. The van der Waals surface area contributed by atoms with E-state index in [1.165, 1.54) is 12.1 Å². The molecular formula is C22H25F3N4O2. The predicted molar refractivity (Wildman–Crippen MR) is 115 cm³/mol. The fraction of sp³-hybridized carbons (Fsp3) is 0.318. The SMILES string of the molecule is NC(=O)Nc1ccc(/C=C/[C@@H](O)CN2CCN(c3ccc(C(F)(F)F)cc3)CC2)cc1. The van der Waals surface area contributed by atoms with E-state index in [0.29, 0.717) is 38.4 Å². The summed E-state index contributed by atoms with van der Waals surface area (Å²) in [6.07, 6.45) is -1.47. The minimum atomic E-state index is -4.33. The van der Waals surface area contributed by atoms with Crippen LogP contribution in [0.4, 0.5) is 29.3 Å². The number of halogens is 3. The Morgan fingerprint density at radius 2 is 1.68 bits per heavy atom. The van der Waals surface area contributed by atoms with E-state index in [0.717, 1.165) is 23.4 Å².